The summed E-state index contributed by atoms with van der Waals surface area (Å²) in [5.41, 5.74) is 6.36. The van der Waals surface area contributed by atoms with E-state index in [1.807, 2.05) is 0 Å². The standard InChI is InChI=1S/C10H9NO4/c1-14-9-7(11)4-6(10(12)13)5-2-3-15-8(5)9/h2-4H,11H2,1H3,(H,12,13). The second-order valence-corrected chi connectivity index (χ2v) is 3.02. The van der Waals surface area contributed by atoms with Crippen molar-refractivity contribution in [1.29, 1.82) is 0 Å². The zero-order valence-corrected chi connectivity index (χ0v) is 7.98. The van der Waals surface area contributed by atoms with Crippen LogP contribution >= 0.6 is 0 Å². The molecule has 0 atom stereocenters. The zero-order valence-electron chi connectivity index (χ0n) is 7.98. The van der Waals surface area contributed by atoms with Gasteiger partial charge in [0.05, 0.1) is 24.6 Å². The highest BCUT2D eigenvalue weighted by molar-refractivity contribution is 6.06. The number of rotatable bonds is 2. The zero-order chi connectivity index (χ0) is 11.0. The molecule has 78 valence electrons. The number of fused-ring (bicyclic) bond motifs is 1. The van der Waals surface area contributed by atoms with Crippen molar-refractivity contribution in [2.24, 2.45) is 0 Å². The van der Waals surface area contributed by atoms with Gasteiger partial charge in [-0.3, -0.25) is 0 Å². The maximum atomic E-state index is 10.9. The molecule has 2 aromatic rings. The molecule has 0 radical (unpaired) electrons. The summed E-state index contributed by atoms with van der Waals surface area (Å²) < 4.78 is 10.2. The number of furan rings is 1. The number of nitrogens with two attached hydrogens (primary N) is 1. The van der Waals surface area contributed by atoms with Gasteiger partial charge in [0.1, 0.15) is 0 Å². The van der Waals surface area contributed by atoms with Crippen LogP contribution in [-0.2, 0) is 0 Å². The molecule has 0 saturated heterocycles. The Balaban J connectivity index is 2.86. The van der Waals surface area contributed by atoms with E-state index in [2.05, 4.69) is 0 Å². The molecular formula is C10H9NO4. The highest BCUT2D eigenvalue weighted by Crippen LogP contribution is 2.35. The van der Waals surface area contributed by atoms with Crippen LogP contribution in [0.3, 0.4) is 0 Å². The van der Waals surface area contributed by atoms with Crippen molar-refractivity contribution in [3.63, 3.8) is 0 Å². The number of hydrogen-bond donors (Lipinski definition) is 2. The van der Waals surface area contributed by atoms with Crippen LogP contribution in [0.1, 0.15) is 10.4 Å². The lowest BCUT2D eigenvalue weighted by molar-refractivity contribution is 0.0699. The number of carboxylic acids is 1. The van der Waals surface area contributed by atoms with Crippen LogP contribution in [0.5, 0.6) is 5.75 Å². The summed E-state index contributed by atoms with van der Waals surface area (Å²) in [6, 6.07) is 2.93. The van der Waals surface area contributed by atoms with E-state index in [9.17, 15) is 4.79 Å². The van der Waals surface area contributed by atoms with Gasteiger partial charge >= 0.3 is 5.97 Å². The number of ether oxygens (including phenoxy) is 1. The van der Waals surface area contributed by atoms with Crippen LogP contribution < -0.4 is 10.5 Å². The maximum absolute atomic E-state index is 10.9. The van der Waals surface area contributed by atoms with E-state index in [1.54, 1.807) is 6.07 Å². The lowest BCUT2D eigenvalue weighted by Gasteiger charge is -2.06. The Bertz CT molecular complexity index is 529. The van der Waals surface area contributed by atoms with Crippen LogP contribution in [0.2, 0.25) is 0 Å². The van der Waals surface area contributed by atoms with Gasteiger partial charge in [-0.25, -0.2) is 4.79 Å². The van der Waals surface area contributed by atoms with Gasteiger partial charge in [-0.15, -0.1) is 0 Å². The van der Waals surface area contributed by atoms with Crippen LogP contribution in [0.4, 0.5) is 5.69 Å². The van der Waals surface area contributed by atoms with E-state index in [-0.39, 0.29) is 11.3 Å². The van der Waals surface area contributed by atoms with E-state index < -0.39 is 5.97 Å². The number of anilines is 1. The predicted molar refractivity (Wildman–Crippen MR) is 54.1 cm³/mol. The molecule has 0 bridgehead atoms. The van der Waals surface area contributed by atoms with Crippen LogP contribution in [0.15, 0.2) is 22.8 Å². The third-order valence-electron chi connectivity index (χ3n) is 2.16. The molecule has 15 heavy (non-hydrogen) atoms. The molecule has 2 rings (SSSR count). The fourth-order valence-corrected chi connectivity index (χ4v) is 1.51. The van der Waals surface area contributed by atoms with Crippen LogP contribution in [0, 0.1) is 0 Å². The number of carbonyl (C=O) groups is 1. The second-order valence-electron chi connectivity index (χ2n) is 3.02. The molecule has 0 aliphatic rings. The summed E-state index contributed by atoms with van der Waals surface area (Å²) >= 11 is 0. The minimum absolute atomic E-state index is 0.108. The molecule has 5 heteroatoms. The number of aromatic carboxylic acids is 1. The average Bonchev–Trinajstić information content (AvgIpc) is 2.64. The topological polar surface area (TPSA) is 85.7 Å². The number of benzene rings is 1. The smallest absolute Gasteiger partial charge is 0.336 e. The number of methoxy groups -OCH3 is 1. The first-order valence-corrected chi connectivity index (χ1v) is 4.22. The number of carboxylic acid groups (broad SMARTS) is 1. The van der Waals surface area contributed by atoms with E-state index in [1.165, 1.54) is 19.4 Å². The van der Waals surface area contributed by atoms with Gasteiger partial charge < -0.3 is 20.0 Å². The number of hydrogen-bond acceptors (Lipinski definition) is 4. The maximum Gasteiger partial charge on any atom is 0.336 e. The highest BCUT2D eigenvalue weighted by atomic mass is 16.5. The van der Waals surface area contributed by atoms with Gasteiger partial charge in [0.15, 0.2) is 11.3 Å². The lowest BCUT2D eigenvalue weighted by Crippen LogP contribution is -2.01. The normalized spacial score (nSPS) is 10.5. The molecule has 0 saturated carbocycles. The summed E-state index contributed by atoms with van der Waals surface area (Å²) in [7, 11) is 1.45. The quantitative estimate of drug-likeness (QED) is 0.732. The van der Waals surface area contributed by atoms with Gasteiger partial charge in [0.2, 0.25) is 0 Å². The molecule has 0 aliphatic carbocycles. The van der Waals surface area contributed by atoms with Gasteiger partial charge in [-0.05, 0) is 12.1 Å². The molecular weight excluding hydrogens is 198 g/mol. The molecule has 0 fully saturated rings. The molecule has 3 N–H and O–H groups in total. The Hall–Kier alpha value is -2.17. The first-order chi connectivity index (χ1) is 7.15. The predicted octanol–water partition coefficient (Wildman–Crippen LogP) is 1.72. The van der Waals surface area contributed by atoms with E-state index in [0.29, 0.717) is 16.7 Å². The Labute approximate surface area is 85.0 Å². The van der Waals surface area contributed by atoms with Crippen LogP contribution in [-0.4, -0.2) is 18.2 Å². The molecule has 0 aliphatic heterocycles. The second kappa shape index (κ2) is 3.20. The summed E-state index contributed by atoms with van der Waals surface area (Å²) in [4.78, 5) is 10.9. The minimum atomic E-state index is -1.05. The average molecular weight is 207 g/mol. The molecule has 0 amide bonds. The van der Waals surface area contributed by atoms with E-state index in [4.69, 9.17) is 20.0 Å². The van der Waals surface area contributed by atoms with Crippen LogP contribution in [0.25, 0.3) is 11.0 Å². The van der Waals surface area contributed by atoms with Crippen molar-refractivity contribution < 1.29 is 19.1 Å². The molecule has 1 heterocycles. The molecule has 0 spiro atoms. The first-order valence-electron chi connectivity index (χ1n) is 4.22. The molecule has 1 aromatic carbocycles. The van der Waals surface area contributed by atoms with Crippen molar-refractivity contribution in [2.75, 3.05) is 12.8 Å². The third kappa shape index (κ3) is 1.28. The molecule has 0 unspecified atom stereocenters. The minimum Gasteiger partial charge on any atom is -0.491 e. The fourth-order valence-electron chi connectivity index (χ4n) is 1.51. The Kier molecular flexibility index (Phi) is 2.00. The van der Waals surface area contributed by atoms with E-state index in [0.717, 1.165) is 0 Å². The molecule has 5 nitrogen and oxygen atoms in total. The van der Waals surface area contributed by atoms with Crippen molar-refractivity contribution in [3.05, 3.63) is 24.0 Å². The Morgan fingerprint density at radius 2 is 2.33 bits per heavy atom. The van der Waals surface area contributed by atoms with Crippen molar-refractivity contribution in [3.8, 4) is 5.75 Å². The first kappa shape index (κ1) is 9.39. The fraction of sp³-hybridized carbons (Fsp3) is 0.100. The van der Waals surface area contributed by atoms with Gasteiger partial charge in [-0.1, -0.05) is 0 Å². The van der Waals surface area contributed by atoms with Crippen molar-refractivity contribution in [2.45, 2.75) is 0 Å². The Morgan fingerprint density at radius 1 is 1.60 bits per heavy atom. The summed E-state index contributed by atoms with van der Waals surface area (Å²) in [6.45, 7) is 0. The van der Waals surface area contributed by atoms with Crippen molar-refractivity contribution >= 4 is 22.6 Å². The third-order valence-corrected chi connectivity index (χ3v) is 2.16. The van der Waals surface area contributed by atoms with Gasteiger partial charge in [-0.2, -0.15) is 0 Å². The van der Waals surface area contributed by atoms with Gasteiger partial charge in [0.25, 0.3) is 0 Å². The highest BCUT2D eigenvalue weighted by Gasteiger charge is 2.17. The summed E-state index contributed by atoms with van der Waals surface area (Å²) in [5.74, 6) is -0.684. The van der Waals surface area contributed by atoms with Crippen molar-refractivity contribution in [1.82, 2.24) is 0 Å². The van der Waals surface area contributed by atoms with E-state index >= 15 is 0 Å². The SMILES string of the molecule is COc1c(N)cc(C(=O)O)c2ccoc12. The largest absolute Gasteiger partial charge is 0.491 e. The Morgan fingerprint density at radius 3 is 2.93 bits per heavy atom. The van der Waals surface area contributed by atoms with Gasteiger partial charge in [0, 0.05) is 5.39 Å². The molecule has 1 aromatic heterocycles. The summed E-state index contributed by atoms with van der Waals surface area (Å²) in [5, 5.41) is 9.43. The summed E-state index contributed by atoms with van der Waals surface area (Å²) in [6.07, 6.45) is 1.40. The monoisotopic (exact) mass is 207 g/mol. The number of nitrogen functional groups attached to an aromatic ring is 1. The lowest BCUT2D eigenvalue weighted by atomic mass is 10.1.